The first kappa shape index (κ1) is 8.84. The molecule has 1 atom stereocenters. The average Bonchev–Trinajstić information content (AvgIpc) is 2.32. The maximum absolute atomic E-state index is 11.1. The maximum Gasteiger partial charge on any atom is 0.338 e. The molecule has 0 saturated heterocycles. The summed E-state index contributed by atoms with van der Waals surface area (Å²) in [5.41, 5.74) is 0.344. The van der Waals surface area contributed by atoms with Gasteiger partial charge in [0.1, 0.15) is 5.76 Å². The zero-order valence-corrected chi connectivity index (χ0v) is 7.04. The number of aliphatic hydroxyl groups is 1. The van der Waals surface area contributed by atoms with Crippen molar-refractivity contribution in [2.75, 3.05) is 0 Å². The molecule has 1 aliphatic heterocycles. The molecule has 0 fully saturated rings. The van der Waals surface area contributed by atoms with Gasteiger partial charge in [-0.1, -0.05) is 13.0 Å². The van der Waals surface area contributed by atoms with Gasteiger partial charge >= 0.3 is 5.97 Å². The lowest BCUT2D eigenvalue weighted by molar-refractivity contribution is -0.140. The van der Waals surface area contributed by atoms with Crippen molar-refractivity contribution in [3.8, 4) is 0 Å². The molecule has 0 bridgehead atoms. The van der Waals surface area contributed by atoms with Gasteiger partial charge in [0.05, 0.1) is 5.57 Å². The Kier molecular flexibility index (Phi) is 2.53. The van der Waals surface area contributed by atoms with Crippen LogP contribution in [0.3, 0.4) is 0 Å². The number of carbonyl (C=O) groups excluding carboxylic acids is 1. The van der Waals surface area contributed by atoms with Crippen molar-refractivity contribution in [1.29, 1.82) is 0 Å². The lowest BCUT2D eigenvalue weighted by Gasteiger charge is -2.04. The zero-order chi connectivity index (χ0) is 9.14. The Labute approximate surface area is 71.3 Å². The molecule has 1 heterocycles. The van der Waals surface area contributed by atoms with E-state index < -0.39 is 12.1 Å². The average molecular weight is 168 g/mol. The van der Waals surface area contributed by atoms with E-state index in [1.807, 2.05) is 6.92 Å². The largest absolute Gasteiger partial charge is 0.508 e. The van der Waals surface area contributed by atoms with Gasteiger partial charge in [-0.15, -0.1) is 6.58 Å². The minimum absolute atomic E-state index is 0.0717. The predicted octanol–water partition coefficient (Wildman–Crippen LogP) is 1.71. The van der Waals surface area contributed by atoms with Crippen molar-refractivity contribution >= 4 is 5.97 Å². The molecule has 0 saturated carbocycles. The molecule has 66 valence electrons. The first-order valence-corrected chi connectivity index (χ1v) is 3.94. The molecule has 0 amide bonds. The minimum Gasteiger partial charge on any atom is -0.508 e. The second kappa shape index (κ2) is 3.43. The Hall–Kier alpha value is -1.25. The van der Waals surface area contributed by atoms with E-state index in [-0.39, 0.29) is 5.76 Å². The zero-order valence-electron chi connectivity index (χ0n) is 7.04. The SMILES string of the molecule is C=CCC1=C(O)[C@H](CC)OC1=O. The highest BCUT2D eigenvalue weighted by Crippen LogP contribution is 2.24. The number of allylic oxidation sites excluding steroid dienone is 1. The van der Waals surface area contributed by atoms with E-state index in [0.29, 0.717) is 18.4 Å². The third-order valence-electron chi connectivity index (χ3n) is 1.83. The molecule has 12 heavy (non-hydrogen) atoms. The summed E-state index contributed by atoms with van der Waals surface area (Å²) >= 11 is 0. The van der Waals surface area contributed by atoms with Crippen LogP contribution < -0.4 is 0 Å². The summed E-state index contributed by atoms with van der Waals surface area (Å²) in [4.78, 5) is 11.1. The Balaban J connectivity index is 2.84. The van der Waals surface area contributed by atoms with Gasteiger partial charge in [0, 0.05) is 6.42 Å². The van der Waals surface area contributed by atoms with E-state index in [9.17, 15) is 9.90 Å². The number of hydrogen-bond donors (Lipinski definition) is 1. The van der Waals surface area contributed by atoms with Gasteiger partial charge < -0.3 is 9.84 Å². The van der Waals surface area contributed by atoms with Crippen LogP contribution in [0, 0.1) is 0 Å². The van der Waals surface area contributed by atoms with Gasteiger partial charge in [-0.3, -0.25) is 0 Å². The normalized spacial score (nSPS) is 22.8. The molecular formula is C9H12O3. The van der Waals surface area contributed by atoms with Crippen LogP contribution in [0.15, 0.2) is 24.0 Å². The third-order valence-corrected chi connectivity index (χ3v) is 1.83. The number of ether oxygens (including phenoxy) is 1. The van der Waals surface area contributed by atoms with Gasteiger partial charge in [-0.2, -0.15) is 0 Å². The van der Waals surface area contributed by atoms with Crippen molar-refractivity contribution in [3.63, 3.8) is 0 Å². The van der Waals surface area contributed by atoms with E-state index in [1.165, 1.54) is 0 Å². The van der Waals surface area contributed by atoms with Gasteiger partial charge in [0.15, 0.2) is 6.10 Å². The van der Waals surface area contributed by atoms with Crippen LogP contribution >= 0.6 is 0 Å². The van der Waals surface area contributed by atoms with Crippen LogP contribution in [0.1, 0.15) is 19.8 Å². The fourth-order valence-corrected chi connectivity index (χ4v) is 1.16. The van der Waals surface area contributed by atoms with Gasteiger partial charge in [-0.25, -0.2) is 4.79 Å². The molecule has 1 rings (SSSR count). The molecule has 1 aliphatic rings. The fourth-order valence-electron chi connectivity index (χ4n) is 1.16. The van der Waals surface area contributed by atoms with E-state index in [1.54, 1.807) is 6.08 Å². The summed E-state index contributed by atoms with van der Waals surface area (Å²) < 4.78 is 4.88. The molecule has 0 spiro atoms. The minimum atomic E-state index is -0.438. The van der Waals surface area contributed by atoms with Crippen LogP contribution in [-0.4, -0.2) is 17.2 Å². The first-order valence-electron chi connectivity index (χ1n) is 3.94. The van der Waals surface area contributed by atoms with E-state index in [0.717, 1.165) is 0 Å². The van der Waals surface area contributed by atoms with Crippen LogP contribution in [0.5, 0.6) is 0 Å². The molecule has 0 aliphatic carbocycles. The van der Waals surface area contributed by atoms with Crippen molar-refractivity contribution in [2.24, 2.45) is 0 Å². The quantitative estimate of drug-likeness (QED) is 0.515. The predicted molar refractivity (Wildman–Crippen MR) is 44.6 cm³/mol. The topological polar surface area (TPSA) is 46.5 Å². The number of esters is 1. The van der Waals surface area contributed by atoms with Gasteiger partial charge in [0.25, 0.3) is 0 Å². The van der Waals surface area contributed by atoms with E-state index in [2.05, 4.69) is 6.58 Å². The highest BCUT2D eigenvalue weighted by atomic mass is 16.6. The number of rotatable bonds is 3. The number of aliphatic hydroxyl groups excluding tert-OH is 1. The van der Waals surface area contributed by atoms with Crippen molar-refractivity contribution in [2.45, 2.75) is 25.9 Å². The lowest BCUT2D eigenvalue weighted by atomic mass is 10.1. The Morgan fingerprint density at radius 1 is 1.75 bits per heavy atom. The van der Waals surface area contributed by atoms with Crippen molar-refractivity contribution in [3.05, 3.63) is 24.0 Å². The second-order valence-electron chi connectivity index (χ2n) is 2.66. The monoisotopic (exact) mass is 168 g/mol. The molecule has 0 radical (unpaired) electrons. The third kappa shape index (κ3) is 1.35. The molecule has 0 aromatic carbocycles. The van der Waals surface area contributed by atoms with Crippen LogP contribution in [0.25, 0.3) is 0 Å². The molecule has 1 N–H and O–H groups in total. The van der Waals surface area contributed by atoms with Crippen molar-refractivity contribution < 1.29 is 14.6 Å². The number of carbonyl (C=O) groups is 1. The van der Waals surface area contributed by atoms with Crippen LogP contribution in [0.4, 0.5) is 0 Å². The van der Waals surface area contributed by atoms with E-state index in [4.69, 9.17) is 4.74 Å². The first-order chi connectivity index (χ1) is 5.70. The van der Waals surface area contributed by atoms with Crippen LogP contribution in [0.2, 0.25) is 0 Å². The Bertz CT molecular complexity index is 240. The highest BCUT2D eigenvalue weighted by Gasteiger charge is 2.31. The smallest absolute Gasteiger partial charge is 0.338 e. The summed E-state index contributed by atoms with van der Waals surface area (Å²) in [6.07, 6.45) is 2.12. The molecule has 0 aromatic heterocycles. The van der Waals surface area contributed by atoms with E-state index >= 15 is 0 Å². The summed E-state index contributed by atoms with van der Waals surface area (Å²) in [6, 6.07) is 0. The summed E-state index contributed by atoms with van der Waals surface area (Å²) in [7, 11) is 0. The van der Waals surface area contributed by atoms with Crippen molar-refractivity contribution in [1.82, 2.24) is 0 Å². The Morgan fingerprint density at radius 3 is 2.83 bits per heavy atom. The highest BCUT2D eigenvalue weighted by molar-refractivity contribution is 5.91. The fraction of sp³-hybridized carbons (Fsp3) is 0.444. The Morgan fingerprint density at radius 2 is 2.42 bits per heavy atom. The summed E-state index contributed by atoms with van der Waals surface area (Å²) in [5, 5.41) is 9.44. The molecular weight excluding hydrogens is 156 g/mol. The van der Waals surface area contributed by atoms with Crippen LogP contribution in [-0.2, 0) is 9.53 Å². The summed E-state index contributed by atoms with van der Waals surface area (Å²) in [5.74, 6) is -0.346. The second-order valence-corrected chi connectivity index (χ2v) is 2.66. The van der Waals surface area contributed by atoms with Gasteiger partial charge in [-0.05, 0) is 6.42 Å². The summed E-state index contributed by atoms with van der Waals surface area (Å²) in [6.45, 7) is 5.34. The number of hydrogen-bond acceptors (Lipinski definition) is 3. The molecule has 3 heteroatoms. The lowest BCUT2D eigenvalue weighted by Crippen LogP contribution is -2.09. The molecule has 3 nitrogen and oxygen atoms in total. The number of cyclic esters (lactones) is 1. The molecule has 0 unspecified atom stereocenters. The maximum atomic E-state index is 11.1. The molecule has 0 aromatic rings. The van der Waals surface area contributed by atoms with Gasteiger partial charge in [0.2, 0.25) is 0 Å². The standard InChI is InChI=1S/C9H12O3/c1-3-5-6-8(10)7(4-2)12-9(6)11/h3,7,10H,1,4-5H2,2H3/t7-/m0/s1.